The van der Waals surface area contributed by atoms with Gasteiger partial charge in [0, 0.05) is 30.5 Å². The molecule has 0 radical (unpaired) electrons. The monoisotopic (exact) mass is 428 g/mol. The van der Waals surface area contributed by atoms with Crippen LogP contribution in [0.1, 0.15) is 35.7 Å². The fourth-order valence-electron chi connectivity index (χ4n) is 3.29. The van der Waals surface area contributed by atoms with Gasteiger partial charge in [0.25, 0.3) is 5.91 Å². The van der Waals surface area contributed by atoms with Crippen LogP contribution in [0, 0.1) is 0 Å². The summed E-state index contributed by atoms with van der Waals surface area (Å²) in [5, 5.41) is 2.65. The lowest BCUT2D eigenvalue weighted by Crippen LogP contribution is -2.27. The number of benzene rings is 2. The van der Waals surface area contributed by atoms with Crippen molar-refractivity contribution in [2.75, 3.05) is 32.6 Å². The highest BCUT2D eigenvalue weighted by Crippen LogP contribution is 2.30. The van der Waals surface area contributed by atoms with Gasteiger partial charge in [0.05, 0.1) is 25.2 Å². The average molecular weight is 429 g/mol. The Bertz CT molecular complexity index is 879. The first-order valence-electron chi connectivity index (χ1n) is 10.0. The van der Waals surface area contributed by atoms with E-state index in [1.165, 1.54) is 0 Å². The Balaban J connectivity index is 1.54. The molecule has 7 heteroatoms. The van der Waals surface area contributed by atoms with Crippen molar-refractivity contribution in [1.82, 2.24) is 4.90 Å². The molecule has 0 aliphatic carbocycles. The summed E-state index contributed by atoms with van der Waals surface area (Å²) in [5.74, 6) is 1.91. The van der Waals surface area contributed by atoms with E-state index in [2.05, 4.69) is 5.32 Å². The molecule has 1 aliphatic rings. The van der Waals surface area contributed by atoms with Gasteiger partial charge in [-0.3, -0.25) is 9.59 Å². The van der Waals surface area contributed by atoms with Crippen molar-refractivity contribution in [2.24, 2.45) is 0 Å². The first-order chi connectivity index (χ1) is 14.5. The van der Waals surface area contributed by atoms with Gasteiger partial charge < -0.3 is 19.7 Å². The van der Waals surface area contributed by atoms with E-state index in [4.69, 9.17) is 9.47 Å². The van der Waals surface area contributed by atoms with Gasteiger partial charge in [-0.05, 0) is 49.6 Å². The molecule has 1 fully saturated rings. The number of rotatable bonds is 8. The van der Waals surface area contributed by atoms with Crippen LogP contribution in [0.15, 0.2) is 42.5 Å². The maximum Gasteiger partial charge on any atom is 0.253 e. The Morgan fingerprint density at radius 3 is 2.40 bits per heavy atom. The lowest BCUT2D eigenvalue weighted by atomic mass is 10.1. The first kappa shape index (κ1) is 22.0. The summed E-state index contributed by atoms with van der Waals surface area (Å²) in [6.45, 7) is 3.57. The van der Waals surface area contributed by atoms with Crippen molar-refractivity contribution in [1.29, 1.82) is 0 Å². The minimum absolute atomic E-state index is 0.103. The maximum absolute atomic E-state index is 12.6. The second kappa shape index (κ2) is 10.4. The Kier molecular flexibility index (Phi) is 7.63. The molecule has 0 aromatic heterocycles. The zero-order valence-corrected chi connectivity index (χ0v) is 18.5. The molecule has 2 amide bonds. The van der Waals surface area contributed by atoms with Gasteiger partial charge in [-0.1, -0.05) is 12.1 Å². The van der Waals surface area contributed by atoms with Crippen LogP contribution in [0.2, 0.25) is 0 Å². The van der Waals surface area contributed by atoms with Crippen LogP contribution in [0.4, 0.5) is 5.69 Å². The zero-order valence-electron chi connectivity index (χ0n) is 17.6. The molecule has 1 N–H and O–H groups in total. The van der Waals surface area contributed by atoms with Crippen LogP contribution in [0.5, 0.6) is 11.5 Å². The van der Waals surface area contributed by atoms with Gasteiger partial charge in [0.15, 0.2) is 0 Å². The van der Waals surface area contributed by atoms with Crippen LogP contribution >= 0.6 is 11.8 Å². The largest absolute Gasteiger partial charge is 0.497 e. The van der Waals surface area contributed by atoms with E-state index in [-0.39, 0.29) is 17.1 Å². The number of nitrogens with one attached hydrogen (secondary N) is 1. The van der Waals surface area contributed by atoms with Crippen LogP contribution < -0.4 is 14.8 Å². The lowest BCUT2D eigenvalue weighted by molar-refractivity contribution is -0.115. The standard InChI is InChI=1S/C23H28N2O4S/c1-16(22(26)24-20-14-19(28-2)10-11-21(20)29-3)30-15-17-6-8-18(9-7-17)23(27)25-12-4-5-13-25/h6-11,14,16H,4-5,12-13,15H2,1-3H3,(H,24,26)/t16-/m0/s1. The Morgan fingerprint density at radius 1 is 1.07 bits per heavy atom. The van der Waals surface area contributed by atoms with Crippen LogP contribution in [0.3, 0.4) is 0 Å². The molecule has 1 saturated heterocycles. The molecule has 160 valence electrons. The molecule has 6 nitrogen and oxygen atoms in total. The van der Waals surface area contributed by atoms with Crippen molar-refractivity contribution in [2.45, 2.75) is 30.8 Å². The summed E-state index contributed by atoms with van der Waals surface area (Å²) < 4.78 is 10.5. The Morgan fingerprint density at radius 2 is 1.77 bits per heavy atom. The second-order valence-electron chi connectivity index (χ2n) is 7.20. The van der Waals surface area contributed by atoms with Gasteiger partial charge in [-0.25, -0.2) is 0 Å². The third kappa shape index (κ3) is 5.48. The van der Waals surface area contributed by atoms with Crippen molar-refractivity contribution in [3.63, 3.8) is 0 Å². The minimum Gasteiger partial charge on any atom is -0.497 e. The van der Waals surface area contributed by atoms with Crippen LogP contribution in [-0.4, -0.2) is 49.3 Å². The van der Waals surface area contributed by atoms with Crippen molar-refractivity contribution in [3.8, 4) is 11.5 Å². The number of thioether (sulfide) groups is 1. The summed E-state index contributed by atoms with van der Waals surface area (Å²) in [6.07, 6.45) is 2.17. The quantitative estimate of drug-likeness (QED) is 0.683. The molecule has 3 rings (SSSR count). The Hall–Kier alpha value is -2.67. The minimum atomic E-state index is -0.258. The summed E-state index contributed by atoms with van der Waals surface area (Å²) in [7, 11) is 3.14. The van der Waals surface area contributed by atoms with Crippen LogP contribution in [0.25, 0.3) is 0 Å². The zero-order chi connectivity index (χ0) is 21.5. The predicted molar refractivity (Wildman–Crippen MR) is 121 cm³/mol. The number of likely N-dealkylation sites (tertiary alicyclic amines) is 1. The number of nitrogens with zero attached hydrogens (tertiary/aromatic N) is 1. The summed E-state index contributed by atoms with van der Waals surface area (Å²) in [6, 6.07) is 13.0. The average Bonchev–Trinajstić information content (AvgIpc) is 3.32. The fraction of sp³-hybridized carbons (Fsp3) is 0.391. The summed E-state index contributed by atoms with van der Waals surface area (Å²) in [4.78, 5) is 27.0. The van der Waals surface area contributed by atoms with E-state index >= 15 is 0 Å². The highest BCUT2D eigenvalue weighted by atomic mass is 32.2. The third-order valence-corrected chi connectivity index (χ3v) is 6.34. The highest BCUT2D eigenvalue weighted by molar-refractivity contribution is 7.99. The van der Waals surface area contributed by atoms with E-state index in [0.717, 1.165) is 37.1 Å². The number of ether oxygens (including phenoxy) is 2. The van der Waals surface area contributed by atoms with Crippen LogP contribution in [-0.2, 0) is 10.5 Å². The fourth-order valence-corrected chi connectivity index (χ4v) is 4.13. The molecule has 1 atom stereocenters. The molecule has 30 heavy (non-hydrogen) atoms. The number of amides is 2. The van der Waals surface area contributed by atoms with E-state index < -0.39 is 0 Å². The number of hydrogen-bond donors (Lipinski definition) is 1. The maximum atomic E-state index is 12.6. The predicted octanol–water partition coefficient (Wildman–Crippen LogP) is 4.20. The highest BCUT2D eigenvalue weighted by Gasteiger charge is 2.20. The van der Waals surface area contributed by atoms with Gasteiger partial charge >= 0.3 is 0 Å². The smallest absolute Gasteiger partial charge is 0.253 e. The molecular weight excluding hydrogens is 400 g/mol. The van der Waals surface area contributed by atoms with Gasteiger partial charge in [0.1, 0.15) is 11.5 Å². The molecule has 2 aromatic carbocycles. The second-order valence-corrected chi connectivity index (χ2v) is 8.53. The van der Waals surface area contributed by atoms with Gasteiger partial charge in [-0.15, -0.1) is 11.8 Å². The number of carbonyl (C=O) groups is 2. The van der Waals surface area contributed by atoms with E-state index in [1.54, 1.807) is 44.2 Å². The molecule has 2 aromatic rings. The normalized spacial score (nSPS) is 14.3. The van der Waals surface area contributed by atoms with Gasteiger partial charge in [-0.2, -0.15) is 0 Å². The lowest BCUT2D eigenvalue weighted by Gasteiger charge is -2.16. The van der Waals surface area contributed by atoms with E-state index in [1.807, 2.05) is 36.1 Å². The summed E-state index contributed by atoms with van der Waals surface area (Å²) in [5.41, 5.74) is 2.39. The SMILES string of the molecule is COc1ccc(OC)c(NC(=O)[C@H](C)SCc2ccc(C(=O)N3CCCC3)cc2)c1. The third-order valence-electron chi connectivity index (χ3n) is 5.13. The Labute approximate surface area is 181 Å². The van der Waals surface area contributed by atoms with Crippen molar-refractivity contribution in [3.05, 3.63) is 53.6 Å². The number of hydrogen-bond acceptors (Lipinski definition) is 5. The molecule has 0 spiro atoms. The molecule has 1 heterocycles. The number of carbonyl (C=O) groups excluding carboxylic acids is 2. The van der Waals surface area contributed by atoms with Gasteiger partial charge in [0.2, 0.25) is 5.91 Å². The molecule has 1 aliphatic heterocycles. The molecule has 0 unspecified atom stereocenters. The molecular formula is C23H28N2O4S. The topological polar surface area (TPSA) is 67.9 Å². The molecule has 0 saturated carbocycles. The van der Waals surface area contributed by atoms with E-state index in [0.29, 0.717) is 22.9 Å². The first-order valence-corrected chi connectivity index (χ1v) is 11.1. The number of methoxy groups -OCH3 is 2. The van der Waals surface area contributed by atoms with E-state index in [9.17, 15) is 9.59 Å². The number of anilines is 1. The van der Waals surface area contributed by atoms with Crippen molar-refractivity contribution >= 4 is 29.3 Å². The molecule has 0 bridgehead atoms. The summed E-state index contributed by atoms with van der Waals surface area (Å²) >= 11 is 1.54. The van der Waals surface area contributed by atoms with Crippen molar-refractivity contribution < 1.29 is 19.1 Å².